The molecule has 0 saturated carbocycles. The van der Waals surface area contributed by atoms with Gasteiger partial charge in [-0.2, -0.15) is 0 Å². The third kappa shape index (κ3) is 5.81. The quantitative estimate of drug-likeness (QED) is 0.397. The topological polar surface area (TPSA) is 91.3 Å². The van der Waals surface area contributed by atoms with Gasteiger partial charge in [-0.25, -0.2) is 0 Å². The minimum absolute atomic E-state index is 0.384. The predicted molar refractivity (Wildman–Crippen MR) is 105 cm³/mol. The van der Waals surface area contributed by atoms with E-state index in [4.69, 9.17) is 18.9 Å². The second-order valence-electron chi connectivity index (χ2n) is 6.35. The summed E-state index contributed by atoms with van der Waals surface area (Å²) in [5.41, 5.74) is 1.02. The van der Waals surface area contributed by atoms with Gasteiger partial charge in [-0.3, -0.25) is 9.59 Å². The van der Waals surface area contributed by atoms with Crippen LogP contribution in [-0.2, 0) is 35.1 Å². The molecule has 0 unspecified atom stereocenters. The van der Waals surface area contributed by atoms with E-state index < -0.39 is 41.8 Å². The standard InChI is InChI=1S/C20H26O7S/c1-5-9-24-11-14-7-6-8-15(10-14)17-18(25-12(2)21)16(23)19(26-13(3)22)20(27-17)28-4/h5-8,10,16-20,23H,1,9,11H2,2-4H3/t16-,17+,18-,19+,20-/m1/s1. The highest BCUT2D eigenvalue weighted by atomic mass is 32.2. The van der Waals surface area contributed by atoms with E-state index in [0.717, 1.165) is 11.1 Å². The van der Waals surface area contributed by atoms with Crippen molar-refractivity contribution in [3.63, 3.8) is 0 Å². The fourth-order valence-electron chi connectivity index (χ4n) is 3.04. The number of aliphatic hydroxyl groups is 1. The van der Waals surface area contributed by atoms with Gasteiger partial charge >= 0.3 is 11.9 Å². The first-order chi connectivity index (χ1) is 13.4. The Bertz CT molecular complexity index is 693. The summed E-state index contributed by atoms with van der Waals surface area (Å²) in [5, 5.41) is 10.8. The van der Waals surface area contributed by atoms with Gasteiger partial charge in [0.1, 0.15) is 17.6 Å². The van der Waals surface area contributed by atoms with Crippen LogP contribution in [0, 0.1) is 0 Å². The highest BCUT2D eigenvalue weighted by Gasteiger charge is 2.49. The largest absolute Gasteiger partial charge is 0.456 e. The second kappa shape index (κ2) is 10.6. The molecule has 5 atom stereocenters. The van der Waals surface area contributed by atoms with Crippen molar-refractivity contribution in [1.29, 1.82) is 0 Å². The zero-order chi connectivity index (χ0) is 20.7. The van der Waals surface area contributed by atoms with Gasteiger partial charge in [0.15, 0.2) is 12.2 Å². The first-order valence-corrected chi connectivity index (χ1v) is 10.1. The van der Waals surface area contributed by atoms with E-state index in [1.165, 1.54) is 25.6 Å². The molecule has 1 saturated heterocycles. The molecule has 1 aliphatic heterocycles. The molecule has 0 aromatic heterocycles. The second-order valence-corrected chi connectivity index (χ2v) is 7.28. The molecule has 1 fully saturated rings. The number of carbonyl (C=O) groups is 2. The molecule has 7 nitrogen and oxygen atoms in total. The zero-order valence-electron chi connectivity index (χ0n) is 16.2. The number of benzene rings is 1. The molecule has 8 heteroatoms. The molecule has 28 heavy (non-hydrogen) atoms. The van der Waals surface area contributed by atoms with Crippen LogP contribution < -0.4 is 0 Å². The summed E-state index contributed by atoms with van der Waals surface area (Å²) in [6.07, 6.45) is -0.468. The smallest absolute Gasteiger partial charge is 0.303 e. The highest BCUT2D eigenvalue weighted by molar-refractivity contribution is 7.99. The van der Waals surface area contributed by atoms with Crippen molar-refractivity contribution in [2.45, 2.75) is 50.3 Å². The van der Waals surface area contributed by atoms with Gasteiger partial charge < -0.3 is 24.1 Å². The Kier molecular flexibility index (Phi) is 8.50. The fraction of sp³-hybridized carbons (Fsp3) is 0.500. The first-order valence-electron chi connectivity index (χ1n) is 8.85. The van der Waals surface area contributed by atoms with Gasteiger partial charge in [-0.1, -0.05) is 30.3 Å². The van der Waals surface area contributed by atoms with Gasteiger partial charge in [0, 0.05) is 13.8 Å². The van der Waals surface area contributed by atoms with Crippen molar-refractivity contribution in [2.75, 3.05) is 12.9 Å². The minimum Gasteiger partial charge on any atom is -0.456 e. The van der Waals surface area contributed by atoms with Crippen molar-refractivity contribution in [1.82, 2.24) is 0 Å². The van der Waals surface area contributed by atoms with E-state index in [0.29, 0.717) is 13.2 Å². The van der Waals surface area contributed by atoms with Gasteiger partial charge in [0.25, 0.3) is 0 Å². The number of carbonyl (C=O) groups excluding carboxylic acids is 2. The normalized spacial score (nSPS) is 27.1. The molecule has 0 spiro atoms. The maximum Gasteiger partial charge on any atom is 0.303 e. The lowest BCUT2D eigenvalue weighted by atomic mass is 9.93. The molecule has 0 bridgehead atoms. The third-order valence-corrected chi connectivity index (χ3v) is 4.98. The molecule has 1 aliphatic rings. The number of ether oxygens (including phenoxy) is 4. The molecule has 1 aromatic carbocycles. The molecular formula is C20H26O7S. The highest BCUT2D eigenvalue weighted by Crippen LogP contribution is 2.39. The monoisotopic (exact) mass is 410 g/mol. The fourth-order valence-corrected chi connectivity index (χ4v) is 3.76. The van der Waals surface area contributed by atoms with Crippen molar-refractivity contribution < 1.29 is 33.6 Å². The number of thioether (sulfide) groups is 1. The molecule has 1 N–H and O–H groups in total. The molecule has 1 heterocycles. The Morgan fingerprint density at radius 1 is 1.25 bits per heavy atom. The summed E-state index contributed by atoms with van der Waals surface area (Å²) in [7, 11) is 0. The van der Waals surface area contributed by atoms with Crippen LogP contribution in [0.15, 0.2) is 36.9 Å². The summed E-state index contributed by atoms with van der Waals surface area (Å²) in [5.74, 6) is -1.11. The summed E-state index contributed by atoms with van der Waals surface area (Å²) in [6.45, 7) is 6.94. The van der Waals surface area contributed by atoms with E-state index in [-0.39, 0.29) is 0 Å². The van der Waals surface area contributed by atoms with E-state index in [2.05, 4.69) is 6.58 Å². The predicted octanol–water partition coefficient (Wildman–Crippen LogP) is 2.37. The molecule has 2 rings (SSSR count). The van der Waals surface area contributed by atoms with Crippen LogP contribution in [0.5, 0.6) is 0 Å². The summed E-state index contributed by atoms with van der Waals surface area (Å²) < 4.78 is 22.2. The van der Waals surface area contributed by atoms with Gasteiger partial charge in [0.2, 0.25) is 0 Å². The molecule has 1 aromatic rings. The van der Waals surface area contributed by atoms with E-state index in [1.54, 1.807) is 12.3 Å². The van der Waals surface area contributed by atoms with Crippen LogP contribution in [0.1, 0.15) is 31.1 Å². The van der Waals surface area contributed by atoms with Crippen LogP contribution in [0.3, 0.4) is 0 Å². The van der Waals surface area contributed by atoms with Crippen LogP contribution >= 0.6 is 11.8 Å². The number of hydrogen-bond acceptors (Lipinski definition) is 8. The summed E-state index contributed by atoms with van der Waals surface area (Å²) in [4.78, 5) is 23.1. The van der Waals surface area contributed by atoms with Crippen molar-refractivity contribution in [2.24, 2.45) is 0 Å². The first kappa shape index (κ1) is 22.4. The molecular weight excluding hydrogens is 384 g/mol. The summed E-state index contributed by atoms with van der Waals surface area (Å²) >= 11 is 1.30. The Morgan fingerprint density at radius 2 is 1.93 bits per heavy atom. The Morgan fingerprint density at radius 3 is 2.54 bits per heavy atom. The van der Waals surface area contributed by atoms with E-state index in [9.17, 15) is 14.7 Å². The Labute approximate surface area is 169 Å². The number of esters is 2. The zero-order valence-corrected chi connectivity index (χ0v) is 17.0. The van der Waals surface area contributed by atoms with Crippen molar-refractivity contribution in [3.05, 3.63) is 48.0 Å². The summed E-state index contributed by atoms with van der Waals surface area (Å²) in [6, 6.07) is 7.45. The van der Waals surface area contributed by atoms with E-state index >= 15 is 0 Å². The van der Waals surface area contributed by atoms with E-state index in [1.807, 2.05) is 24.3 Å². The Balaban J connectivity index is 2.31. The lowest BCUT2D eigenvalue weighted by Gasteiger charge is -2.43. The number of rotatable bonds is 8. The van der Waals surface area contributed by atoms with Gasteiger partial charge in [0.05, 0.1) is 13.2 Å². The lowest BCUT2D eigenvalue weighted by Crippen LogP contribution is -2.55. The van der Waals surface area contributed by atoms with Gasteiger partial charge in [-0.15, -0.1) is 18.3 Å². The minimum atomic E-state index is -1.23. The third-order valence-electron chi connectivity index (χ3n) is 4.14. The van der Waals surface area contributed by atoms with Crippen LogP contribution in [0.25, 0.3) is 0 Å². The average Bonchev–Trinajstić information content (AvgIpc) is 2.65. The SMILES string of the molecule is C=CCOCc1cccc([C@@H]2O[C@H](SC)[C@@H](OC(C)=O)[C@H](O)[C@H]2OC(C)=O)c1. The molecule has 0 amide bonds. The lowest BCUT2D eigenvalue weighted by molar-refractivity contribution is -0.224. The average molecular weight is 410 g/mol. The van der Waals surface area contributed by atoms with Crippen LogP contribution in [0.4, 0.5) is 0 Å². The number of hydrogen-bond donors (Lipinski definition) is 1. The maximum absolute atomic E-state index is 11.6. The van der Waals surface area contributed by atoms with Crippen molar-refractivity contribution >= 4 is 23.7 Å². The Hall–Kier alpha value is -1.87. The molecule has 154 valence electrons. The maximum atomic E-state index is 11.6. The van der Waals surface area contributed by atoms with Crippen LogP contribution in [-0.4, -0.2) is 53.7 Å². The molecule has 0 radical (unpaired) electrons. The van der Waals surface area contributed by atoms with Gasteiger partial charge in [-0.05, 0) is 17.4 Å². The molecule has 0 aliphatic carbocycles. The van der Waals surface area contributed by atoms with Crippen LogP contribution in [0.2, 0.25) is 0 Å². The van der Waals surface area contributed by atoms with Crippen molar-refractivity contribution in [3.8, 4) is 0 Å². The number of aliphatic hydroxyl groups excluding tert-OH is 1.